The summed E-state index contributed by atoms with van der Waals surface area (Å²) < 4.78 is 1.77. The van der Waals surface area contributed by atoms with Gasteiger partial charge < -0.3 is 4.90 Å². The summed E-state index contributed by atoms with van der Waals surface area (Å²) >= 11 is 0. The second kappa shape index (κ2) is 6.04. The summed E-state index contributed by atoms with van der Waals surface area (Å²) in [4.78, 5) is 32.1. The summed E-state index contributed by atoms with van der Waals surface area (Å²) in [5.41, 5.74) is 1.33. The first-order valence-electron chi connectivity index (χ1n) is 9.03. The van der Waals surface area contributed by atoms with E-state index in [0.717, 1.165) is 51.0 Å². The molecule has 1 aromatic heterocycles. The Morgan fingerprint density at radius 3 is 2.96 bits per heavy atom. The predicted molar refractivity (Wildman–Crippen MR) is 93.3 cm³/mol. The van der Waals surface area contributed by atoms with Crippen LogP contribution in [-0.2, 0) is 13.0 Å². The molecule has 5 heteroatoms. The van der Waals surface area contributed by atoms with Crippen molar-refractivity contribution in [2.75, 3.05) is 6.54 Å². The quantitative estimate of drug-likeness (QED) is 0.853. The largest absolute Gasteiger partial charge is 0.336 e. The molecule has 4 rings (SSSR count). The third-order valence-electron chi connectivity index (χ3n) is 5.42. The minimum atomic E-state index is 0.0240. The lowest BCUT2D eigenvalue weighted by atomic mass is 9.98. The smallest absolute Gasteiger partial charge is 0.261 e. The number of piperidine rings is 1. The number of carbonyl (C=O) groups excluding carboxylic acids is 1. The normalized spacial score (nSPS) is 20.4. The number of carbonyl (C=O) groups is 1. The average molecular weight is 325 g/mol. The number of rotatable bonds is 2. The Labute approximate surface area is 141 Å². The Morgan fingerprint density at radius 1 is 1.25 bits per heavy atom. The number of nitrogens with zero attached hydrogens (tertiary/aromatic N) is 3. The van der Waals surface area contributed by atoms with E-state index < -0.39 is 0 Å². The molecule has 0 saturated carbocycles. The molecule has 2 aliphatic rings. The molecule has 0 aliphatic carbocycles. The van der Waals surface area contributed by atoms with Gasteiger partial charge in [-0.05, 0) is 50.3 Å². The van der Waals surface area contributed by atoms with Gasteiger partial charge in [0.15, 0.2) is 0 Å². The number of amides is 1. The number of fused-ring (bicyclic) bond motifs is 2. The van der Waals surface area contributed by atoms with Gasteiger partial charge in [-0.25, -0.2) is 4.98 Å². The van der Waals surface area contributed by atoms with E-state index in [-0.39, 0.29) is 11.5 Å². The summed E-state index contributed by atoms with van der Waals surface area (Å²) in [6.45, 7) is 3.72. The van der Waals surface area contributed by atoms with Crippen molar-refractivity contribution >= 4 is 16.8 Å². The lowest BCUT2D eigenvalue weighted by Crippen LogP contribution is -2.43. The molecule has 1 atom stereocenters. The van der Waals surface area contributed by atoms with Crippen LogP contribution < -0.4 is 5.56 Å². The van der Waals surface area contributed by atoms with Gasteiger partial charge in [-0.1, -0.05) is 6.92 Å². The van der Waals surface area contributed by atoms with Crippen molar-refractivity contribution in [2.45, 2.75) is 58.0 Å². The van der Waals surface area contributed by atoms with Crippen LogP contribution in [0.3, 0.4) is 0 Å². The topological polar surface area (TPSA) is 55.2 Å². The Morgan fingerprint density at radius 2 is 2.12 bits per heavy atom. The van der Waals surface area contributed by atoms with Gasteiger partial charge in [-0.15, -0.1) is 0 Å². The minimum Gasteiger partial charge on any atom is -0.336 e. The summed E-state index contributed by atoms with van der Waals surface area (Å²) in [6.07, 6.45) is 6.16. The number of aromatic nitrogens is 2. The first kappa shape index (κ1) is 15.4. The molecule has 126 valence electrons. The molecule has 0 N–H and O–H groups in total. The van der Waals surface area contributed by atoms with Crippen molar-refractivity contribution < 1.29 is 4.79 Å². The fraction of sp³-hybridized carbons (Fsp3) is 0.526. The zero-order valence-electron chi connectivity index (χ0n) is 14.1. The molecule has 0 spiro atoms. The van der Waals surface area contributed by atoms with Crippen LogP contribution in [0.4, 0.5) is 0 Å². The maximum atomic E-state index is 12.9. The number of aryl methyl sites for hydroxylation is 1. The first-order chi connectivity index (χ1) is 11.7. The predicted octanol–water partition coefficient (Wildman–Crippen LogP) is 2.75. The second-order valence-corrected chi connectivity index (χ2v) is 6.88. The van der Waals surface area contributed by atoms with E-state index in [1.807, 2.05) is 4.90 Å². The number of likely N-dealkylation sites (tertiary alicyclic amines) is 1. The van der Waals surface area contributed by atoms with Gasteiger partial charge in [-0.3, -0.25) is 14.2 Å². The van der Waals surface area contributed by atoms with Crippen LogP contribution in [0.15, 0.2) is 23.0 Å². The highest BCUT2D eigenvalue weighted by atomic mass is 16.2. The third-order valence-corrected chi connectivity index (χ3v) is 5.42. The van der Waals surface area contributed by atoms with Crippen molar-refractivity contribution in [3.05, 3.63) is 39.9 Å². The van der Waals surface area contributed by atoms with Gasteiger partial charge in [-0.2, -0.15) is 0 Å². The van der Waals surface area contributed by atoms with Crippen LogP contribution in [0.1, 0.15) is 55.2 Å². The molecule has 5 nitrogen and oxygen atoms in total. The SMILES string of the molecule is CC[C@H]1CCCCN1C(=O)c1ccc2c(=O)n3c(nc2c1)CCC3. The fourth-order valence-electron chi connectivity index (χ4n) is 4.08. The molecular formula is C19H23N3O2. The lowest BCUT2D eigenvalue weighted by Gasteiger charge is -2.35. The highest BCUT2D eigenvalue weighted by Gasteiger charge is 2.26. The minimum absolute atomic E-state index is 0.0240. The van der Waals surface area contributed by atoms with Gasteiger partial charge in [0.1, 0.15) is 5.82 Å². The molecular weight excluding hydrogens is 302 g/mol. The number of hydrogen-bond acceptors (Lipinski definition) is 3. The Hall–Kier alpha value is -2.17. The zero-order chi connectivity index (χ0) is 16.7. The van der Waals surface area contributed by atoms with E-state index in [0.29, 0.717) is 22.5 Å². The van der Waals surface area contributed by atoms with E-state index in [1.54, 1.807) is 22.8 Å². The first-order valence-corrected chi connectivity index (χ1v) is 9.03. The molecule has 2 aromatic rings. The molecule has 3 heterocycles. The van der Waals surface area contributed by atoms with E-state index in [1.165, 1.54) is 6.42 Å². The Balaban J connectivity index is 1.73. The van der Waals surface area contributed by atoms with Crippen LogP contribution in [0.5, 0.6) is 0 Å². The highest BCUT2D eigenvalue weighted by molar-refractivity contribution is 5.97. The summed E-state index contributed by atoms with van der Waals surface area (Å²) in [5.74, 6) is 0.923. The van der Waals surface area contributed by atoms with Crippen molar-refractivity contribution in [1.29, 1.82) is 0 Å². The summed E-state index contributed by atoms with van der Waals surface area (Å²) in [6, 6.07) is 5.70. The van der Waals surface area contributed by atoms with Crippen molar-refractivity contribution in [2.24, 2.45) is 0 Å². The van der Waals surface area contributed by atoms with Gasteiger partial charge in [0.05, 0.1) is 10.9 Å². The van der Waals surface area contributed by atoms with Crippen molar-refractivity contribution in [3.63, 3.8) is 0 Å². The van der Waals surface area contributed by atoms with Crippen molar-refractivity contribution in [1.82, 2.24) is 14.5 Å². The molecule has 1 aromatic carbocycles. The van der Waals surface area contributed by atoms with Crippen LogP contribution in [0.2, 0.25) is 0 Å². The molecule has 0 radical (unpaired) electrons. The molecule has 1 saturated heterocycles. The Bertz CT molecular complexity index is 856. The van der Waals surface area contributed by atoms with Gasteiger partial charge in [0.2, 0.25) is 0 Å². The average Bonchev–Trinajstić information content (AvgIpc) is 3.09. The van der Waals surface area contributed by atoms with Gasteiger partial charge in [0.25, 0.3) is 11.5 Å². The van der Waals surface area contributed by atoms with Gasteiger partial charge in [0, 0.05) is 31.1 Å². The van der Waals surface area contributed by atoms with Crippen LogP contribution in [0.25, 0.3) is 10.9 Å². The fourth-order valence-corrected chi connectivity index (χ4v) is 4.08. The summed E-state index contributed by atoms with van der Waals surface area (Å²) in [7, 11) is 0. The molecule has 0 unspecified atom stereocenters. The van der Waals surface area contributed by atoms with E-state index in [2.05, 4.69) is 11.9 Å². The van der Waals surface area contributed by atoms with Crippen LogP contribution >= 0.6 is 0 Å². The highest BCUT2D eigenvalue weighted by Crippen LogP contribution is 2.23. The van der Waals surface area contributed by atoms with Crippen LogP contribution in [0, 0.1) is 0 Å². The zero-order valence-corrected chi connectivity index (χ0v) is 14.1. The van der Waals surface area contributed by atoms with Gasteiger partial charge >= 0.3 is 0 Å². The molecule has 2 aliphatic heterocycles. The maximum absolute atomic E-state index is 12.9. The molecule has 24 heavy (non-hydrogen) atoms. The van der Waals surface area contributed by atoms with E-state index in [9.17, 15) is 9.59 Å². The Kier molecular flexibility index (Phi) is 3.87. The second-order valence-electron chi connectivity index (χ2n) is 6.88. The van der Waals surface area contributed by atoms with E-state index in [4.69, 9.17) is 0 Å². The molecule has 1 amide bonds. The van der Waals surface area contributed by atoms with Crippen molar-refractivity contribution in [3.8, 4) is 0 Å². The standard InChI is InChI=1S/C19H23N3O2/c1-2-14-6-3-4-10-21(14)18(23)13-8-9-15-16(12-13)20-17-7-5-11-22(17)19(15)24/h8-9,12,14H,2-7,10-11H2,1H3/t14-/m0/s1. The van der Waals surface area contributed by atoms with Crippen LogP contribution in [-0.4, -0.2) is 32.9 Å². The molecule has 0 bridgehead atoms. The maximum Gasteiger partial charge on any atom is 0.261 e. The third kappa shape index (κ3) is 2.43. The lowest BCUT2D eigenvalue weighted by molar-refractivity contribution is 0.0608. The number of hydrogen-bond donors (Lipinski definition) is 0. The summed E-state index contributed by atoms with van der Waals surface area (Å²) in [5, 5.41) is 0.614. The molecule has 1 fully saturated rings. The monoisotopic (exact) mass is 325 g/mol. The number of benzene rings is 1. The van der Waals surface area contributed by atoms with E-state index >= 15 is 0 Å².